The summed E-state index contributed by atoms with van der Waals surface area (Å²) >= 11 is 0. The molecule has 0 aliphatic carbocycles. The van der Waals surface area contributed by atoms with Gasteiger partial charge in [-0.3, -0.25) is 9.59 Å². The maximum Gasteiger partial charge on any atom is 3.00 e. The van der Waals surface area contributed by atoms with Crippen molar-refractivity contribution in [3.63, 3.8) is 0 Å². The summed E-state index contributed by atoms with van der Waals surface area (Å²) in [6, 6.07) is 0. The molecule has 0 amide bonds. The minimum absolute atomic E-state index is 0. The molecule has 0 radical (unpaired) electrons. The van der Waals surface area contributed by atoms with Gasteiger partial charge in [0, 0.05) is 39.6 Å². The van der Waals surface area contributed by atoms with Gasteiger partial charge in [0.25, 0.3) is 0 Å². The zero-order chi connectivity index (χ0) is 28.6. The molecule has 0 N–H and O–H groups in total. The smallest absolute Gasteiger partial charge is 0.851 e. The normalized spacial score (nSPS) is 9.89. The molecule has 0 aliphatic rings. The Bertz CT molecular complexity index is 388. The molecule has 0 saturated heterocycles. The van der Waals surface area contributed by atoms with Gasteiger partial charge in [-0.1, -0.05) is 19.8 Å². The SMILES string of the molecule is CCOC(=O)CC(C)=O.CCOC(C[O-])OCC.CCOC(C[O-])OCC.CCOC(C[O-])OCC.[Al+3]. The molecule has 0 rings (SSSR count). The fourth-order valence-electron chi connectivity index (χ4n) is 1.96. The number of carbonyl (C=O) groups is 2. The van der Waals surface area contributed by atoms with Crippen LogP contribution in [0.2, 0.25) is 0 Å². The van der Waals surface area contributed by atoms with Crippen molar-refractivity contribution in [2.45, 2.75) is 80.7 Å². The van der Waals surface area contributed by atoms with E-state index in [1.165, 1.54) is 6.92 Å². The van der Waals surface area contributed by atoms with E-state index in [2.05, 4.69) is 4.74 Å². The van der Waals surface area contributed by atoms with Crippen molar-refractivity contribution < 1.29 is 58.1 Å². The summed E-state index contributed by atoms with van der Waals surface area (Å²) in [5.41, 5.74) is 0. The van der Waals surface area contributed by atoms with Gasteiger partial charge in [0.1, 0.15) is 31.1 Å². The van der Waals surface area contributed by atoms with Crippen molar-refractivity contribution >= 4 is 29.1 Å². The number of hydrogen-bond acceptors (Lipinski definition) is 12. The van der Waals surface area contributed by atoms with Crippen LogP contribution in [-0.4, -0.2) is 114 Å². The molecule has 220 valence electrons. The third-order valence-corrected chi connectivity index (χ3v) is 3.22. The number of ketones is 1. The van der Waals surface area contributed by atoms with Gasteiger partial charge in [0.2, 0.25) is 0 Å². The van der Waals surface area contributed by atoms with Gasteiger partial charge < -0.3 is 48.5 Å². The van der Waals surface area contributed by atoms with Crippen LogP contribution in [0.5, 0.6) is 0 Å². The second kappa shape index (κ2) is 39.8. The summed E-state index contributed by atoms with van der Waals surface area (Å²) in [5, 5.41) is 30.5. The quantitative estimate of drug-likeness (QED) is 0.0910. The standard InChI is InChI=1S/C6H10O3.3C6H13O3.Al/c1-3-9-6(8)4-5(2)7;3*1-3-8-6(5-7)9-4-2;/h3-4H2,1-2H3;3*6H,3-5H2,1-2H3;/q;3*-1;+3. The van der Waals surface area contributed by atoms with Crippen LogP contribution in [0.4, 0.5) is 0 Å². The molecule has 0 spiro atoms. The molecule has 0 fully saturated rings. The average molecular weight is 557 g/mol. The van der Waals surface area contributed by atoms with Crippen molar-refractivity contribution in [1.29, 1.82) is 0 Å². The Morgan fingerprint density at radius 1 is 0.541 bits per heavy atom. The molecule has 0 aromatic carbocycles. The Hall–Kier alpha value is -0.688. The van der Waals surface area contributed by atoms with Crippen LogP contribution in [0, 0.1) is 0 Å². The van der Waals surface area contributed by atoms with Crippen LogP contribution in [0.1, 0.15) is 61.8 Å². The molecule has 13 heteroatoms. The molecular weight excluding hydrogens is 507 g/mol. The van der Waals surface area contributed by atoms with Gasteiger partial charge >= 0.3 is 23.3 Å². The van der Waals surface area contributed by atoms with Crippen molar-refractivity contribution in [2.75, 3.05) is 66.1 Å². The zero-order valence-corrected chi connectivity index (χ0v) is 25.1. The second-order valence-corrected chi connectivity index (χ2v) is 6.20. The first-order valence-corrected chi connectivity index (χ1v) is 12.3. The number of rotatable bonds is 18. The van der Waals surface area contributed by atoms with Gasteiger partial charge in [0.05, 0.1) is 6.61 Å². The molecule has 0 bridgehead atoms. The first kappa shape index (κ1) is 46.2. The molecule has 0 aromatic heterocycles. The number of Topliss-reactive ketones (excluding diaryl/α,β-unsaturated/α-hetero) is 1. The Morgan fingerprint density at radius 2 is 0.784 bits per heavy atom. The van der Waals surface area contributed by atoms with Gasteiger partial charge in [-0.2, -0.15) is 0 Å². The predicted molar refractivity (Wildman–Crippen MR) is 133 cm³/mol. The van der Waals surface area contributed by atoms with Crippen LogP contribution in [0.25, 0.3) is 0 Å². The van der Waals surface area contributed by atoms with E-state index < -0.39 is 24.8 Å². The summed E-state index contributed by atoms with van der Waals surface area (Å²) < 4.78 is 33.9. The van der Waals surface area contributed by atoms with E-state index >= 15 is 0 Å². The van der Waals surface area contributed by atoms with Crippen LogP contribution in [0.15, 0.2) is 0 Å². The first-order valence-electron chi connectivity index (χ1n) is 12.3. The van der Waals surface area contributed by atoms with Crippen LogP contribution >= 0.6 is 0 Å². The van der Waals surface area contributed by atoms with E-state index in [9.17, 15) is 24.9 Å². The molecule has 0 heterocycles. The third-order valence-electron chi connectivity index (χ3n) is 3.22. The van der Waals surface area contributed by atoms with E-state index in [1.807, 2.05) is 41.5 Å². The summed E-state index contributed by atoms with van der Waals surface area (Å²) in [5.74, 6) is -0.599. The Kier molecular flexibility index (Phi) is 49.7. The maximum atomic E-state index is 10.4. The summed E-state index contributed by atoms with van der Waals surface area (Å²) in [6.07, 6.45) is -1.73. The molecule has 0 unspecified atom stereocenters. The minimum atomic E-state index is -0.542. The zero-order valence-electron chi connectivity index (χ0n) is 24.0. The predicted octanol–water partition coefficient (Wildman–Crippen LogP) is -0.615. The Labute approximate surface area is 234 Å². The number of carbonyl (C=O) groups excluding carboxylic acids is 2. The number of esters is 1. The molecule has 0 saturated carbocycles. The topological polar surface area (TPSA) is 168 Å². The van der Waals surface area contributed by atoms with Crippen molar-refractivity contribution in [1.82, 2.24) is 0 Å². The van der Waals surface area contributed by atoms with Gasteiger partial charge in [-0.15, -0.1) is 0 Å². The van der Waals surface area contributed by atoms with Crippen LogP contribution in [-0.2, 0) is 42.7 Å². The first-order chi connectivity index (χ1) is 17.2. The number of ether oxygens (including phenoxy) is 7. The monoisotopic (exact) mass is 556 g/mol. The van der Waals surface area contributed by atoms with Crippen molar-refractivity contribution in [3.8, 4) is 0 Å². The molecule has 37 heavy (non-hydrogen) atoms. The minimum Gasteiger partial charge on any atom is -0.851 e. The Morgan fingerprint density at radius 3 is 0.919 bits per heavy atom. The molecule has 0 aliphatic heterocycles. The molecular formula is C24H49AlO12. The summed E-state index contributed by atoms with van der Waals surface area (Å²) in [6.45, 7) is 16.7. The number of hydrogen-bond donors (Lipinski definition) is 0. The Balaban J connectivity index is -0.000000122. The third kappa shape index (κ3) is 42.6. The summed E-state index contributed by atoms with van der Waals surface area (Å²) in [7, 11) is 0. The molecule has 0 aromatic rings. The fraction of sp³-hybridized carbons (Fsp3) is 0.917. The van der Waals surface area contributed by atoms with Crippen molar-refractivity contribution in [2.24, 2.45) is 0 Å². The second-order valence-electron chi connectivity index (χ2n) is 6.20. The van der Waals surface area contributed by atoms with Crippen molar-refractivity contribution in [3.05, 3.63) is 0 Å². The molecule has 0 atom stereocenters. The van der Waals surface area contributed by atoms with Gasteiger partial charge in [0.15, 0.2) is 0 Å². The maximum absolute atomic E-state index is 10.4. The van der Waals surface area contributed by atoms with E-state index in [0.29, 0.717) is 46.2 Å². The van der Waals surface area contributed by atoms with Gasteiger partial charge in [-0.05, 0) is 55.4 Å². The largest absolute Gasteiger partial charge is 3.00 e. The van der Waals surface area contributed by atoms with E-state index in [0.717, 1.165) is 0 Å². The summed E-state index contributed by atoms with van der Waals surface area (Å²) in [4.78, 5) is 20.6. The van der Waals surface area contributed by atoms with E-state index in [-0.39, 0.29) is 49.4 Å². The molecule has 12 nitrogen and oxygen atoms in total. The van der Waals surface area contributed by atoms with E-state index in [1.54, 1.807) is 6.92 Å². The van der Waals surface area contributed by atoms with Crippen LogP contribution < -0.4 is 15.3 Å². The fourth-order valence-corrected chi connectivity index (χ4v) is 1.96. The van der Waals surface area contributed by atoms with Crippen LogP contribution in [0.3, 0.4) is 0 Å². The average Bonchev–Trinajstić information content (AvgIpc) is 2.84. The van der Waals surface area contributed by atoms with Gasteiger partial charge in [-0.25, -0.2) is 0 Å². The van der Waals surface area contributed by atoms with E-state index in [4.69, 9.17) is 28.4 Å².